The molecule has 0 saturated heterocycles. The van der Waals surface area contributed by atoms with Crippen molar-refractivity contribution in [2.45, 2.75) is 5.54 Å². The summed E-state index contributed by atoms with van der Waals surface area (Å²) in [5.74, 6) is 0.290. The number of hydrogen-bond donors (Lipinski definition) is 1. The lowest BCUT2D eigenvalue weighted by atomic mass is 9.83. The molecule has 0 saturated carbocycles. The first-order chi connectivity index (χ1) is 15.1. The molecule has 1 atom stereocenters. The summed E-state index contributed by atoms with van der Waals surface area (Å²) in [7, 11) is -0.699. The number of aliphatic imine (C=N–C) groups is 1. The Labute approximate surface area is 185 Å². The fourth-order valence-corrected chi connectivity index (χ4v) is 4.10. The summed E-state index contributed by atoms with van der Waals surface area (Å²) in [4.78, 5) is 19.1. The van der Waals surface area contributed by atoms with Crippen molar-refractivity contribution in [3.8, 4) is 22.6 Å². The van der Waals surface area contributed by atoms with Crippen molar-refractivity contribution in [3.63, 3.8) is 0 Å². The van der Waals surface area contributed by atoms with E-state index in [0.717, 1.165) is 6.26 Å². The molecule has 2 aromatic carbocycles. The van der Waals surface area contributed by atoms with E-state index in [4.69, 9.17) is 19.1 Å². The Balaban J connectivity index is 1.87. The number of methoxy groups -OCH3 is 1. The van der Waals surface area contributed by atoms with Gasteiger partial charge in [0.2, 0.25) is 0 Å². The van der Waals surface area contributed by atoms with Gasteiger partial charge in [-0.3, -0.25) is 9.69 Å². The summed E-state index contributed by atoms with van der Waals surface area (Å²) in [6, 6.07) is 13.6. The van der Waals surface area contributed by atoms with Gasteiger partial charge in [-0.25, -0.2) is 4.99 Å². The van der Waals surface area contributed by atoms with Crippen LogP contribution in [-0.2, 0) is 20.5 Å². The molecule has 3 aromatic rings. The number of carbonyl (C=O) groups is 1. The highest BCUT2D eigenvalue weighted by atomic mass is 32.2. The average molecular weight is 455 g/mol. The van der Waals surface area contributed by atoms with Crippen LogP contribution in [0.4, 0.5) is 0 Å². The van der Waals surface area contributed by atoms with E-state index in [1.165, 1.54) is 30.6 Å². The minimum Gasteiger partial charge on any atom is -0.497 e. The van der Waals surface area contributed by atoms with Gasteiger partial charge in [0.05, 0.1) is 25.9 Å². The SMILES string of the molecule is COc1cc(OS(C)(=O)=O)cc(-c2cccc(C3(c4ccoc4)N=C(N)N(C)C3=O)c2)c1. The number of rotatable bonds is 6. The van der Waals surface area contributed by atoms with E-state index < -0.39 is 15.7 Å². The largest absolute Gasteiger partial charge is 0.497 e. The minimum atomic E-state index is -3.73. The molecule has 0 aliphatic carbocycles. The first kappa shape index (κ1) is 21.4. The number of amides is 1. The second-order valence-corrected chi connectivity index (χ2v) is 8.90. The Morgan fingerprint density at radius 3 is 2.41 bits per heavy atom. The van der Waals surface area contributed by atoms with E-state index >= 15 is 0 Å². The molecule has 1 amide bonds. The third-order valence-corrected chi connectivity index (χ3v) is 5.65. The molecule has 1 aromatic heterocycles. The smallest absolute Gasteiger partial charge is 0.306 e. The van der Waals surface area contributed by atoms with E-state index in [2.05, 4.69) is 4.99 Å². The number of carbonyl (C=O) groups excluding carboxylic acids is 1. The number of benzene rings is 2. The first-order valence-electron chi connectivity index (χ1n) is 9.49. The van der Waals surface area contributed by atoms with Crippen LogP contribution in [-0.4, -0.2) is 45.6 Å². The molecule has 0 bridgehead atoms. The molecule has 4 rings (SSSR count). The number of guanidine groups is 1. The summed E-state index contributed by atoms with van der Waals surface area (Å²) in [6.45, 7) is 0. The van der Waals surface area contributed by atoms with Crippen molar-refractivity contribution < 1.29 is 26.5 Å². The van der Waals surface area contributed by atoms with Crippen LogP contribution in [0.25, 0.3) is 11.1 Å². The predicted octanol–water partition coefficient (Wildman–Crippen LogP) is 2.32. The first-order valence-corrected chi connectivity index (χ1v) is 11.3. The summed E-state index contributed by atoms with van der Waals surface area (Å²) < 4.78 is 38.8. The van der Waals surface area contributed by atoms with Gasteiger partial charge in [0.1, 0.15) is 11.5 Å². The number of ether oxygens (including phenoxy) is 1. The Hall–Kier alpha value is -3.79. The van der Waals surface area contributed by atoms with Crippen molar-refractivity contribution in [2.24, 2.45) is 10.7 Å². The second kappa shape index (κ2) is 7.72. The van der Waals surface area contributed by atoms with Crippen LogP contribution in [0.3, 0.4) is 0 Å². The lowest BCUT2D eigenvalue weighted by molar-refractivity contribution is -0.129. The minimum absolute atomic E-state index is 0.0897. The standard InChI is InChI=1S/C22H21N3O6S/c1-25-20(26)22(24-21(25)23,17-7-8-30-13-17)16-6-4-5-14(9-16)15-10-18(29-2)12-19(11-15)31-32(3,27)28/h4-13H,1-3H3,(H2,23,24). The molecule has 0 fully saturated rings. The van der Waals surface area contributed by atoms with Gasteiger partial charge < -0.3 is 19.1 Å². The van der Waals surface area contributed by atoms with Crippen molar-refractivity contribution in [2.75, 3.05) is 20.4 Å². The molecular formula is C22H21N3O6S. The molecule has 10 heteroatoms. The number of nitrogens with zero attached hydrogens (tertiary/aromatic N) is 2. The third kappa shape index (κ3) is 3.69. The molecule has 2 heterocycles. The number of likely N-dealkylation sites (N-methyl/N-ethyl adjacent to an activating group) is 1. The molecule has 1 aliphatic heterocycles. The third-order valence-electron chi connectivity index (χ3n) is 5.16. The van der Waals surface area contributed by atoms with Gasteiger partial charge in [0, 0.05) is 18.7 Å². The number of furan rings is 1. The zero-order valence-corrected chi connectivity index (χ0v) is 18.4. The Kier molecular flexibility index (Phi) is 5.17. The quantitative estimate of drug-likeness (QED) is 0.566. The van der Waals surface area contributed by atoms with Gasteiger partial charge in [-0.1, -0.05) is 18.2 Å². The van der Waals surface area contributed by atoms with Crippen molar-refractivity contribution in [3.05, 3.63) is 72.2 Å². The predicted molar refractivity (Wildman–Crippen MR) is 118 cm³/mol. The van der Waals surface area contributed by atoms with E-state index in [1.54, 1.807) is 43.4 Å². The van der Waals surface area contributed by atoms with Gasteiger partial charge in [0.15, 0.2) is 11.5 Å². The van der Waals surface area contributed by atoms with Crippen LogP contribution in [0, 0.1) is 0 Å². The van der Waals surface area contributed by atoms with Gasteiger partial charge in [0.25, 0.3) is 5.91 Å². The van der Waals surface area contributed by atoms with Crippen LogP contribution >= 0.6 is 0 Å². The molecule has 32 heavy (non-hydrogen) atoms. The monoisotopic (exact) mass is 455 g/mol. The second-order valence-electron chi connectivity index (χ2n) is 7.32. The Morgan fingerprint density at radius 1 is 1.06 bits per heavy atom. The zero-order chi connectivity index (χ0) is 23.1. The molecule has 0 spiro atoms. The highest BCUT2D eigenvalue weighted by molar-refractivity contribution is 7.86. The van der Waals surface area contributed by atoms with Crippen LogP contribution < -0.4 is 14.7 Å². The number of nitrogens with two attached hydrogens (primary N) is 1. The van der Waals surface area contributed by atoms with Crippen molar-refractivity contribution in [1.29, 1.82) is 0 Å². The van der Waals surface area contributed by atoms with Gasteiger partial charge in [-0.15, -0.1) is 0 Å². The molecule has 166 valence electrons. The Morgan fingerprint density at radius 2 is 1.81 bits per heavy atom. The fraction of sp³-hybridized carbons (Fsp3) is 0.182. The molecular weight excluding hydrogens is 434 g/mol. The van der Waals surface area contributed by atoms with E-state index in [1.807, 2.05) is 6.07 Å². The molecule has 1 aliphatic rings. The van der Waals surface area contributed by atoms with E-state index in [9.17, 15) is 13.2 Å². The van der Waals surface area contributed by atoms with Crippen LogP contribution in [0.1, 0.15) is 11.1 Å². The lowest BCUT2D eigenvalue weighted by Gasteiger charge is -2.25. The topological polar surface area (TPSA) is 124 Å². The van der Waals surface area contributed by atoms with Gasteiger partial charge >= 0.3 is 10.1 Å². The summed E-state index contributed by atoms with van der Waals surface area (Å²) >= 11 is 0. The van der Waals surface area contributed by atoms with Crippen LogP contribution in [0.15, 0.2) is 70.5 Å². The van der Waals surface area contributed by atoms with Gasteiger partial charge in [-0.2, -0.15) is 8.42 Å². The maximum atomic E-state index is 13.3. The fourth-order valence-electron chi connectivity index (χ4n) is 3.66. The summed E-state index contributed by atoms with van der Waals surface area (Å²) in [6.07, 6.45) is 3.89. The summed E-state index contributed by atoms with van der Waals surface area (Å²) in [5.41, 5.74) is 7.02. The lowest BCUT2D eigenvalue weighted by Crippen LogP contribution is -2.40. The molecule has 1 unspecified atom stereocenters. The number of hydrogen-bond acceptors (Lipinski definition) is 8. The van der Waals surface area contributed by atoms with E-state index in [0.29, 0.717) is 28.0 Å². The Bertz CT molecular complexity index is 1320. The zero-order valence-electron chi connectivity index (χ0n) is 17.6. The normalized spacial score (nSPS) is 18.5. The summed E-state index contributed by atoms with van der Waals surface area (Å²) in [5, 5.41) is 0. The molecule has 9 nitrogen and oxygen atoms in total. The average Bonchev–Trinajstić information content (AvgIpc) is 3.36. The van der Waals surface area contributed by atoms with Crippen LogP contribution in [0.5, 0.6) is 11.5 Å². The molecule has 2 N–H and O–H groups in total. The van der Waals surface area contributed by atoms with Crippen molar-refractivity contribution >= 4 is 22.0 Å². The maximum Gasteiger partial charge on any atom is 0.306 e. The highest BCUT2D eigenvalue weighted by Gasteiger charge is 2.50. The maximum absolute atomic E-state index is 13.3. The van der Waals surface area contributed by atoms with E-state index in [-0.39, 0.29) is 17.6 Å². The molecule has 0 radical (unpaired) electrons. The van der Waals surface area contributed by atoms with Crippen molar-refractivity contribution in [1.82, 2.24) is 4.90 Å². The van der Waals surface area contributed by atoms with Crippen LogP contribution in [0.2, 0.25) is 0 Å². The van der Waals surface area contributed by atoms with Gasteiger partial charge in [-0.05, 0) is 41.0 Å². The highest BCUT2D eigenvalue weighted by Crippen LogP contribution is 2.41.